The monoisotopic (exact) mass is 830 g/mol. The van der Waals surface area contributed by atoms with E-state index < -0.39 is 32.7 Å². The second-order valence-electron chi connectivity index (χ2n) is 14.9. The van der Waals surface area contributed by atoms with Gasteiger partial charge in [0.15, 0.2) is 0 Å². The molecule has 294 valence electrons. The first-order chi connectivity index (χ1) is 27.2. The zero-order valence-electron chi connectivity index (χ0n) is 31.1. The highest BCUT2D eigenvalue weighted by Crippen LogP contribution is 2.42. The van der Waals surface area contributed by atoms with Gasteiger partial charge in [-0.1, -0.05) is 29.9 Å². The van der Waals surface area contributed by atoms with Crippen molar-refractivity contribution < 1.29 is 22.0 Å². The van der Waals surface area contributed by atoms with E-state index in [1.807, 2.05) is 11.9 Å². The Morgan fingerprint density at radius 3 is 2.58 bits per heavy atom. The third-order valence-electron chi connectivity index (χ3n) is 11.4. The van der Waals surface area contributed by atoms with Crippen molar-refractivity contribution in [1.29, 1.82) is 5.26 Å². The Hall–Kier alpha value is -5.00. The second kappa shape index (κ2) is 15.1. The van der Waals surface area contributed by atoms with Crippen LogP contribution in [0.25, 0.3) is 32.2 Å². The summed E-state index contributed by atoms with van der Waals surface area (Å²) >= 11 is 7.72. The second-order valence-corrected chi connectivity index (χ2v) is 18.2. The molecule has 0 radical (unpaired) electrons. The average Bonchev–Trinajstić information content (AvgIpc) is 3.59. The van der Waals surface area contributed by atoms with Crippen LogP contribution in [0, 0.1) is 30.1 Å². The molecule has 17 heteroatoms. The summed E-state index contributed by atoms with van der Waals surface area (Å²) in [4.78, 5) is 44.9. The van der Waals surface area contributed by atoms with Gasteiger partial charge in [-0.25, -0.2) is 31.9 Å². The lowest BCUT2D eigenvalue weighted by molar-refractivity contribution is -0.127. The molecule has 12 nitrogen and oxygen atoms in total. The molecule has 1 amide bonds. The van der Waals surface area contributed by atoms with Gasteiger partial charge in [0.05, 0.1) is 44.7 Å². The van der Waals surface area contributed by atoms with Crippen LogP contribution in [0.4, 0.5) is 14.6 Å². The maximum Gasteiger partial charge on any atom is 0.267 e. The molecule has 2 aliphatic carbocycles. The van der Waals surface area contributed by atoms with Gasteiger partial charge < -0.3 is 4.90 Å². The summed E-state index contributed by atoms with van der Waals surface area (Å²) in [5.41, 5.74) is 2.40. The quantitative estimate of drug-likeness (QED) is 0.177. The van der Waals surface area contributed by atoms with Gasteiger partial charge in [0, 0.05) is 78.4 Å². The Labute approximate surface area is 336 Å². The molecular weight excluding hydrogens is 794 g/mol. The van der Waals surface area contributed by atoms with E-state index in [4.69, 9.17) is 11.6 Å². The molecule has 0 bridgehead atoms. The number of nitrogens with one attached hydrogen (secondary N) is 1. The number of aromatic nitrogens is 4. The summed E-state index contributed by atoms with van der Waals surface area (Å²) in [5, 5.41) is 12.0. The number of fused-ring (bicyclic) bond motifs is 2. The molecule has 8 rings (SSSR count). The number of sulfonamides is 1. The SMILES string of the molecule is Cc1nc2cnc(N(C)C3CCN(C4CC(F)(F)C4)CC3)c(C#N)c2c(=O)n1CC#Cc1ccc(Cl)cc1-c1ccnc2c(C(=O)NS(=O)(=O)C3CCC3)csc12. The van der Waals surface area contributed by atoms with Gasteiger partial charge >= 0.3 is 0 Å². The summed E-state index contributed by atoms with van der Waals surface area (Å²) in [6, 6.07) is 9.07. The first-order valence-corrected chi connectivity index (χ1v) is 21.4. The summed E-state index contributed by atoms with van der Waals surface area (Å²) in [6.45, 7) is 2.97. The molecular formula is C40H37ClF2N8O4S2. The predicted octanol–water partition coefficient (Wildman–Crippen LogP) is 6.26. The van der Waals surface area contributed by atoms with Gasteiger partial charge in [0.25, 0.3) is 17.4 Å². The number of hydrogen-bond acceptors (Lipinski definition) is 11. The minimum atomic E-state index is -3.79. The van der Waals surface area contributed by atoms with Crippen molar-refractivity contribution in [2.24, 2.45) is 0 Å². The Morgan fingerprint density at radius 2 is 1.89 bits per heavy atom. The molecule has 1 saturated heterocycles. The molecule has 4 aromatic heterocycles. The molecule has 1 N–H and O–H groups in total. The summed E-state index contributed by atoms with van der Waals surface area (Å²) in [6.07, 6.45) is 6.10. The highest BCUT2D eigenvalue weighted by Gasteiger charge is 2.48. The number of likely N-dealkylation sites (tertiary alicyclic amines) is 1. The van der Waals surface area contributed by atoms with Crippen LogP contribution in [-0.2, 0) is 16.6 Å². The highest BCUT2D eigenvalue weighted by molar-refractivity contribution is 7.90. The minimum Gasteiger partial charge on any atom is -0.355 e. The molecule has 2 saturated carbocycles. The molecule has 0 atom stereocenters. The number of anilines is 1. The lowest BCUT2D eigenvalue weighted by atomic mass is 9.85. The normalized spacial score (nSPS) is 17.7. The highest BCUT2D eigenvalue weighted by atomic mass is 35.5. The van der Waals surface area contributed by atoms with Crippen LogP contribution < -0.4 is 15.2 Å². The van der Waals surface area contributed by atoms with Crippen molar-refractivity contribution in [3.63, 3.8) is 0 Å². The van der Waals surface area contributed by atoms with Gasteiger partial charge in [-0.15, -0.1) is 11.3 Å². The van der Waals surface area contributed by atoms with Crippen LogP contribution in [0.3, 0.4) is 0 Å². The summed E-state index contributed by atoms with van der Waals surface area (Å²) in [5.74, 6) is 3.70. The molecule has 3 aliphatic rings. The molecule has 1 aromatic carbocycles. The van der Waals surface area contributed by atoms with Crippen molar-refractivity contribution in [2.45, 2.75) is 81.7 Å². The fourth-order valence-electron chi connectivity index (χ4n) is 7.88. The number of hydrogen-bond donors (Lipinski definition) is 1. The van der Waals surface area contributed by atoms with E-state index in [-0.39, 0.29) is 48.0 Å². The van der Waals surface area contributed by atoms with Crippen LogP contribution in [0.5, 0.6) is 0 Å². The van der Waals surface area contributed by atoms with Crippen LogP contribution >= 0.6 is 22.9 Å². The van der Waals surface area contributed by atoms with E-state index in [1.54, 1.807) is 42.8 Å². The number of nitrogens with zero attached hydrogens (tertiary/aromatic N) is 7. The van der Waals surface area contributed by atoms with E-state index >= 15 is 0 Å². The third-order valence-corrected chi connectivity index (χ3v) is 14.5. The fraction of sp³-hybridized carbons (Fsp3) is 0.400. The zero-order valence-corrected chi connectivity index (χ0v) is 33.4. The van der Waals surface area contributed by atoms with Crippen LogP contribution in [-0.4, -0.2) is 82.1 Å². The summed E-state index contributed by atoms with van der Waals surface area (Å²) < 4.78 is 56.6. The van der Waals surface area contributed by atoms with E-state index in [1.165, 1.54) is 22.1 Å². The largest absolute Gasteiger partial charge is 0.355 e. The van der Waals surface area contributed by atoms with Crippen LogP contribution in [0.2, 0.25) is 5.02 Å². The lowest BCUT2D eigenvalue weighted by Crippen LogP contribution is -2.55. The molecule has 57 heavy (non-hydrogen) atoms. The molecule has 1 aliphatic heterocycles. The molecule has 5 heterocycles. The van der Waals surface area contributed by atoms with Gasteiger partial charge in [-0.2, -0.15) is 5.26 Å². The smallest absolute Gasteiger partial charge is 0.267 e. The Balaban J connectivity index is 1.06. The first-order valence-electron chi connectivity index (χ1n) is 18.6. The van der Waals surface area contributed by atoms with Crippen LogP contribution in [0.15, 0.2) is 46.8 Å². The van der Waals surface area contributed by atoms with Crippen molar-refractivity contribution >= 4 is 65.8 Å². The zero-order chi connectivity index (χ0) is 40.2. The predicted molar refractivity (Wildman–Crippen MR) is 215 cm³/mol. The first kappa shape index (κ1) is 38.9. The number of aryl methyl sites for hydroxylation is 1. The maximum atomic E-state index is 14.1. The molecule has 3 fully saturated rings. The maximum absolute atomic E-state index is 14.1. The Morgan fingerprint density at radius 1 is 1.14 bits per heavy atom. The van der Waals surface area contributed by atoms with Gasteiger partial charge in [-0.3, -0.25) is 24.0 Å². The van der Waals surface area contributed by atoms with Crippen LogP contribution in [0.1, 0.15) is 72.3 Å². The van der Waals surface area contributed by atoms with Crippen molar-refractivity contribution in [1.82, 2.24) is 29.1 Å². The number of halogens is 3. The minimum absolute atomic E-state index is 0.00612. The van der Waals surface area contributed by atoms with E-state index in [0.717, 1.165) is 6.42 Å². The Kier molecular flexibility index (Phi) is 10.3. The molecule has 5 aromatic rings. The number of rotatable bonds is 8. The fourth-order valence-corrected chi connectivity index (χ4v) is 10.6. The van der Waals surface area contributed by atoms with E-state index in [9.17, 15) is 32.0 Å². The average molecular weight is 831 g/mol. The number of alkyl halides is 2. The van der Waals surface area contributed by atoms with Gasteiger partial charge in [0.1, 0.15) is 23.3 Å². The molecule has 0 unspecified atom stereocenters. The number of carbonyl (C=O) groups excluding carboxylic acids is 1. The molecule has 0 spiro atoms. The number of carbonyl (C=O) groups is 1. The lowest BCUT2D eigenvalue weighted by Gasteiger charge is -2.46. The van der Waals surface area contributed by atoms with Crippen molar-refractivity contribution in [3.8, 4) is 29.0 Å². The third kappa shape index (κ3) is 7.36. The van der Waals surface area contributed by atoms with Crippen molar-refractivity contribution in [2.75, 3.05) is 25.0 Å². The number of thiophene rings is 1. The topological polar surface area (TPSA) is 154 Å². The number of amides is 1. The van der Waals surface area contributed by atoms with Gasteiger partial charge in [-0.05, 0) is 56.9 Å². The van der Waals surface area contributed by atoms with E-state index in [2.05, 4.69) is 42.5 Å². The van der Waals surface area contributed by atoms with Gasteiger partial charge in [0.2, 0.25) is 10.0 Å². The summed E-state index contributed by atoms with van der Waals surface area (Å²) in [7, 11) is -1.95. The number of piperidine rings is 1. The van der Waals surface area contributed by atoms with Crippen molar-refractivity contribution in [3.05, 3.63) is 79.9 Å². The standard InChI is InChI=1S/C40H37ClF2N8O4S2/c1-23-47-33-21-46-37(49(2)26-11-15-50(16-12-26)27-18-40(42,43)19-27)31(20-44)34(33)39(53)51(23)14-4-5-24-8-9-25(41)17-30(24)29-10-13-45-35-32(22-56-36(29)35)38(52)48-57(54,55)28-6-3-7-28/h8-10,13,17,21-22,26-28H,3,6-7,11-12,14-16,18-19H2,1-2H3,(H,48,52). The number of pyridine rings is 2. The number of nitriles is 1. The Bertz CT molecular complexity index is 2720. The van der Waals surface area contributed by atoms with E-state index in [0.29, 0.717) is 87.9 Å². The number of benzene rings is 1.